The van der Waals surface area contributed by atoms with Crippen LogP contribution in [0.2, 0.25) is 0 Å². The highest BCUT2D eigenvalue weighted by atomic mass is 19.4. The zero-order valence-corrected chi connectivity index (χ0v) is 19.5. The van der Waals surface area contributed by atoms with Crippen molar-refractivity contribution in [2.24, 2.45) is 17.1 Å². The van der Waals surface area contributed by atoms with Crippen molar-refractivity contribution >= 4 is 23.3 Å². The first-order valence-electron chi connectivity index (χ1n) is 10.8. The molecule has 1 aromatic rings. The van der Waals surface area contributed by atoms with E-state index in [0.29, 0.717) is 19.4 Å². The molecule has 3 N–H and O–H groups in total. The third-order valence-electron chi connectivity index (χ3n) is 5.10. The van der Waals surface area contributed by atoms with Crippen LogP contribution in [0.15, 0.2) is 36.4 Å². The third kappa shape index (κ3) is 9.77. The average Bonchev–Trinajstić information content (AvgIpc) is 3.14. The first-order valence-corrected chi connectivity index (χ1v) is 10.8. The second-order valence-corrected chi connectivity index (χ2v) is 9.24. The number of halogens is 3. The fourth-order valence-corrected chi connectivity index (χ4v) is 3.51. The van der Waals surface area contributed by atoms with Gasteiger partial charge in [-0.25, -0.2) is 4.79 Å². The van der Waals surface area contributed by atoms with Crippen LogP contribution in [0.1, 0.15) is 52.5 Å². The molecule has 0 unspecified atom stereocenters. The minimum absolute atomic E-state index is 0.0129. The van der Waals surface area contributed by atoms with Crippen LogP contribution >= 0.6 is 0 Å². The summed E-state index contributed by atoms with van der Waals surface area (Å²) in [5.41, 5.74) is 8.18. The van der Waals surface area contributed by atoms with Crippen LogP contribution in [0.25, 0.3) is 0 Å². The number of nitrogens with two attached hydrogens (primary N) is 1. The van der Waals surface area contributed by atoms with Crippen LogP contribution in [-0.2, 0) is 20.8 Å². The molecule has 1 aromatic carbocycles. The van der Waals surface area contributed by atoms with Crippen molar-refractivity contribution in [2.75, 3.05) is 11.4 Å². The van der Waals surface area contributed by atoms with Crippen LogP contribution in [-0.4, -0.2) is 41.5 Å². The number of ketones is 1. The van der Waals surface area contributed by atoms with Gasteiger partial charge in [0.1, 0.15) is 5.78 Å². The third-order valence-corrected chi connectivity index (χ3v) is 5.10. The molecule has 0 saturated heterocycles. The first-order chi connectivity index (χ1) is 15.2. The van der Waals surface area contributed by atoms with Gasteiger partial charge in [0.15, 0.2) is 0 Å². The van der Waals surface area contributed by atoms with E-state index in [4.69, 9.17) is 15.6 Å². The molecule has 0 aromatic heterocycles. The number of hydrogen-bond donors (Lipinski definition) is 2. The predicted molar refractivity (Wildman–Crippen MR) is 121 cm³/mol. The summed E-state index contributed by atoms with van der Waals surface area (Å²) in [6, 6.07) is 7.61. The van der Waals surface area contributed by atoms with E-state index in [9.17, 15) is 22.8 Å². The lowest BCUT2D eigenvalue weighted by molar-refractivity contribution is -0.192. The highest BCUT2D eigenvalue weighted by molar-refractivity contribution is 6.02. The summed E-state index contributed by atoms with van der Waals surface area (Å²) in [4.78, 5) is 35.7. The number of carboxylic acids is 1. The van der Waals surface area contributed by atoms with Gasteiger partial charge >= 0.3 is 12.1 Å². The summed E-state index contributed by atoms with van der Waals surface area (Å²) in [6.45, 7) is 9.08. The Kier molecular flexibility index (Phi) is 10.3. The van der Waals surface area contributed by atoms with Crippen LogP contribution in [0, 0.1) is 11.3 Å². The van der Waals surface area contributed by atoms with Gasteiger partial charge < -0.3 is 15.7 Å². The molecule has 1 aliphatic heterocycles. The normalized spacial score (nSPS) is 15.5. The second-order valence-electron chi connectivity index (χ2n) is 9.24. The standard InChI is InChI=1S/C22H32N2O2.C2HF3O2/c1-5-18(23)20(25)14-16(15-22(2,3)4)10-11-21(26)24-13-12-17-8-6-7-9-19(17)24;3-2(4,5)1(6)7/h6-11,16,18H,5,12-15,23H2,1-4H3;(H,6,7)/b11-10+;/t16-,18-;/m0./s1. The van der Waals surface area contributed by atoms with Gasteiger partial charge in [0, 0.05) is 18.7 Å². The highest BCUT2D eigenvalue weighted by Gasteiger charge is 2.38. The Morgan fingerprint density at radius 2 is 1.76 bits per heavy atom. The quantitative estimate of drug-likeness (QED) is 0.571. The maximum absolute atomic E-state index is 12.7. The zero-order chi connectivity index (χ0) is 25.4. The van der Waals surface area contributed by atoms with Gasteiger partial charge in [-0.3, -0.25) is 9.59 Å². The highest BCUT2D eigenvalue weighted by Crippen LogP contribution is 2.30. The van der Waals surface area contributed by atoms with Crippen molar-refractivity contribution in [1.82, 2.24) is 0 Å². The van der Waals surface area contributed by atoms with Crippen molar-refractivity contribution < 1.29 is 32.7 Å². The Labute approximate surface area is 192 Å². The number of carboxylic acid groups (broad SMARTS) is 1. The average molecular weight is 471 g/mol. The Morgan fingerprint density at radius 1 is 1.18 bits per heavy atom. The molecule has 184 valence electrons. The molecular formula is C24H33F3N2O4. The van der Waals surface area contributed by atoms with Crippen molar-refractivity contribution in [1.29, 1.82) is 0 Å². The lowest BCUT2D eigenvalue weighted by Crippen LogP contribution is -2.31. The number of anilines is 1. The van der Waals surface area contributed by atoms with E-state index in [1.165, 1.54) is 5.56 Å². The first kappa shape index (κ1) is 28.4. The molecule has 1 amide bonds. The number of Topliss-reactive ketones (excluding diaryl/α,β-unsaturated/α-hetero) is 1. The van der Waals surface area contributed by atoms with Crippen LogP contribution in [0.4, 0.5) is 18.9 Å². The molecule has 2 atom stereocenters. The molecule has 2 rings (SSSR count). The van der Waals surface area contributed by atoms with Crippen LogP contribution < -0.4 is 10.6 Å². The van der Waals surface area contributed by atoms with Gasteiger partial charge in [-0.05, 0) is 48.3 Å². The topological polar surface area (TPSA) is 101 Å². The number of para-hydroxylation sites is 1. The summed E-state index contributed by atoms with van der Waals surface area (Å²) < 4.78 is 31.7. The number of nitrogens with zero attached hydrogens (tertiary/aromatic N) is 1. The molecule has 0 fully saturated rings. The summed E-state index contributed by atoms with van der Waals surface area (Å²) in [7, 11) is 0. The number of aliphatic carboxylic acids is 1. The number of carbonyl (C=O) groups excluding carboxylic acids is 2. The number of rotatable bonds is 7. The number of hydrogen-bond acceptors (Lipinski definition) is 4. The van der Waals surface area contributed by atoms with E-state index >= 15 is 0 Å². The molecule has 1 heterocycles. The van der Waals surface area contributed by atoms with E-state index in [0.717, 1.165) is 18.5 Å². The number of allylic oxidation sites excluding steroid dienone is 1. The monoisotopic (exact) mass is 470 g/mol. The smallest absolute Gasteiger partial charge is 0.475 e. The molecular weight excluding hydrogens is 437 g/mol. The summed E-state index contributed by atoms with van der Waals surface area (Å²) >= 11 is 0. The van der Waals surface area contributed by atoms with Crippen LogP contribution in [0.3, 0.4) is 0 Å². The zero-order valence-electron chi connectivity index (χ0n) is 19.5. The van der Waals surface area contributed by atoms with Crippen molar-refractivity contribution in [2.45, 2.75) is 65.6 Å². The summed E-state index contributed by atoms with van der Waals surface area (Å²) in [6.07, 6.45) is 1.25. The largest absolute Gasteiger partial charge is 0.490 e. The minimum Gasteiger partial charge on any atom is -0.475 e. The second kappa shape index (κ2) is 12.0. The van der Waals surface area contributed by atoms with Gasteiger partial charge in [0.05, 0.1) is 6.04 Å². The maximum atomic E-state index is 12.7. The van der Waals surface area contributed by atoms with Gasteiger partial charge in [0.2, 0.25) is 0 Å². The number of fused-ring (bicyclic) bond motifs is 1. The molecule has 0 bridgehead atoms. The van der Waals surface area contributed by atoms with Gasteiger partial charge in [-0.2, -0.15) is 13.2 Å². The SMILES string of the molecule is CC[C@H](N)C(=O)C[C@H](/C=C/C(=O)N1CCc2ccccc21)CC(C)(C)C.O=C(O)C(F)(F)F. The van der Waals surface area contributed by atoms with Gasteiger partial charge in [-0.15, -0.1) is 0 Å². The molecule has 6 nitrogen and oxygen atoms in total. The fourth-order valence-electron chi connectivity index (χ4n) is 3.51. The molecule has 0 radical (unpaired) electrons. The molecule has 0 aliphatic carbocycles. The molecule has 33 heavy (non-hydrogen) atoms. The molecule has 9 heteroatoms. The van der Waals surface area contributed by atoms with E-state index < -0.39 is 18.2 Å². The fraction of sp³-hybridized carbons (Fsp3) is 0.542. The molecule has 0 spiro atoms. The van der Waals surface area contributed by atoms with Crippen molar-refractivity contribution in [3.05, 3.63) is 42.0 Å². The Balaban J connectivity index is 0.000000675. The maximum Gasteiger partial charge on any atom is 0.490 e. The number of carbonyl (C=O) groups is 3. The van der Waals surface area contributed by atoms with E-state index in [1.54, 1.807) is 6.08 Å². The Bertz CT molecular complexity index is 860. The van der Waals surface area contributed by atoms with E-state index in [1.807, 2.05) is 36.1 Å². The number of alkyl halides is 3. The lowest BCUT2D eigenvalue weighted by atomic mass is 9.81. The predicted octanol–water partition coefficient (Wildman–Crippen LogP) is 4.51. The Hall–Kier alpha value is -2.68. The van der Waals surface area contributed by atoms with Crippen molar-refractivity contribution in [3.8, 4) is 0 Å². The molecule has 0 saturated carbocycles. The van der Waals surface area contributed by atoms with E-state index in [2.05, 4.69) is 26.8 Å². The summed E-state index contributed by atoms with van der Waals surface area (Å²) in [5.74, 6) is -2.67. The lowest BCUT2D eigenvalue weighted by Gasteiger charge is -2.24. The Morgan fingerprint density at radius 3 is 2.27 bits per heavy atom. The number of amides is 1. The van der Waals surface area contributed by atoms with Gasteiger partial charge in [0.25, 0.3) is 5.91 Å². The number of benzene rings is 1. The minimum atomic E-state index is -5.08. The molecule has 1 aliphatic rings. The van der Waals surface area contributed by atoms with Gasteiger partial charge in [-0.1, -0.05) is 52.0 Å². The van der Waals surface area contributed by atoms with E-state index in [-0.39, 0.29) is 23.0 Å². The summed E-state index contributed by atoms with van der Waals surface area (Å²) in [5, 5.41) is 7.12. The van der Waals surface area contributed by atoms with Crippen LogP contribution in [0.5, 0.6) is 0 Å². The van der Waals surface area contributed by atoms with Crippen molar-refractivity contribution in [3.63, 3.8) is 0 Å².